The molecule has 4 rings (SSSR count). The van der Waals surface area contributed by atoms with E-state index in [-0.39, 0.29) is 5.75 Å². The summed E-state index contributed by atoms with van der Waals surface area (Å²) in [4.78, 5) is 1.55. The number of nitrogens with zero attached hydrogens (tertiary/aromatic N) is 2. The Bertz CT molecular complexity index is 947. The summed E-state index contributed by atoms with van der Waals surface area (Å²) in [5.74, 6) is 0.268. The Morgan fingerprint density at radius 1 is 1.00 bits per heavy atom. The van der Waals surface area contributed by atoms with Crippen LogP contribution in [0, 0.1) is 0 Å². The third-order valence-corrected chi connectivity index (χ3v) is 5.36. The molecule has 0 spiro atoms. The average molecular weight is 381 g/mol. The molecular weight excluding hydrogens is 358 g/mol. The second-order valence-electron chi connectivity index (χ2n) is 6.97. The van der Waals surface area contributed by atoms with Gasteiger partial charge in [-0.3, -0.25) is 5.01 Å². The number of aromatic hydroxyl groups is 1. The van der Waals surface area contributed by atoms with Crippen molar-refractivity contribution >= 4 is 28.6 Å². The van der Waals surface area contributed by atoms with E-state index in [2.05, 4.69) is 22.2 Å². The Labute approximate surface area is 164 Å². The molecule has 1 fully saturated rings. The van der Waals surface area contributed by atoms with Crippen LogP contribution in [0.25, 0.3) is 10.8 Å². The molecule has 0 atom stereocenters. The molecule has 0 radical (unpaired) electrons. The molecule has 2 N–H and O–H groups in total. The van der Waals surface area contributed by atoms with Crippen molar-refractivity contribution in [3.8, 4) is 5.75 Å². The molecular formula is C22H23ClN3O+. The van der Waals surface area contributed by atoms with Gasteiger partial charge in [0.2, 0.25) is 0 Å². The van der Waals surface area contributed by atoms with Crippen LogP contribution >= 0.6 is 11.6 Å². The van der Waals surface area contributed by atoms with Gasteiger partial charge in [-0.05, 0) is 29.0 Å². The van der Waals surface area contributed by atoms with E-state index in [9.17, 15) is 5.11 Å². The second-order valence-corrected chi connectivity index (χ2v) is 7.41. The number of rotatable bonds is 4. The number of phenolic OH excluding ortho intramolecular Hbond substituents is 1. The summed E-state index contributed by atoms with van der Waals surface area (Å²) >= 11 is 5.96. The standard InChI is InChI=1S/C22H22ClN3O/c23-19-8-5-17(6-9-19)16-25-11-13-26(14-12-25)24-15-21-20-4-2-1-3-18(20)7-10-22(21)27/h1-10,15,27H,11-14,16H2/p+1/b24-15+. The van der Waals surface area contributed by atoms with Gasteiger partial charge in [0.1, 0.15) is 12.3 Å². The Hall–Kier alpha value is -2.56. The third kappa shape index (κ3) is 4.24. The van der Waals surface area contributed by atoms with E-state index in [1.165, 1.54) is 5.56 Å². The highest BCUT2D eigenvalue weighted by Gasteiger charge is 2.19. The number of benzene rings is 3. The van der Waals surface area contributed by atoms with Crippen LogP contribution in [0.15, 0.2) is 65.8 Å². The van der Waals surface area contributed by atoms with Crippen molar-refractivity contribution in [2.75, 3.05) is 26.2 Å². The number of phenols is 1. The van der Waals surface area contributed by atoms with Gasteiger partial charge in [-0.25, -0.2) is 0 Å². The minimum absolute atomic E-state index is 0.268. The predicted octanol–water partition coefficient (Wildman–Crippen LogP) is 2.93. The summed E-state index contributed by atoms with van der Waals surface area (Å²) in [7, 11) is 0. The molecule has 138 valence electrons. The zero-order valence-electron chi connectivity index (χ0n) is 15.1. The third-order valence-electron chi connectivity index (χ3n) is 5.11. The Kier molecular flexibility index (Phi) is 5.28. The van der Waals surface area contributed by atoms with Crippen molar-refractivity contribution in [1.82, 2.24) is 5.01 Å². The van der Waals surface area contributed by atoms with Crippen LogP contribution in [-0.2, 0) is 6.54 Å². The van der Waals surface area contributed by atoms with E-state index in [1.807, 2.05) is 42.5 Å². The normalized spacial score (nSPS) is 15.7. The van der Waals surface area contributed by atoms with Gasteiger partial charge in [-0.15, -0.1) is 0 Å². The molecule has 5 heteroatoms. The largest absolute Gasteiger partial charge is 0.507 e. The number of hydrogen-bond donors (Lipinski definition) is 2. The van der Waals surface area contributed by atoms with Crippen molar-refractivity contribution in [2.24, 2.45) is 5.10 Å². The maximum Gasteiger partial charge on any atom is 0.125 e. The number of nitrogens with one attached hydrogen (secondary N) is 1. The van der Waals surface area contributed by atoms with E-state index < -0.39 is 0 Å². The zero-order chi connectivity index (χ0) is 18.6. The molecule has 4 nitrogen and oxygen atoms in total. The molecule has 0 aliphatic carbocycles. The number of quaternary nitrogens is 1. The summed E-state index contributed by atoms with van der Waals surface area (Å²) in [5.41, 5.74) is 2.09. The molecule has 0 amide bonds. The molecule has 0 aromatic heterocycles. The van der Waals surface area contributed by atoms with E-state index >= 15 is 0 Å². The monoisotopic (exact) mass is 380 g/mol. The van der Waals surface area contributed by atoms with E-state index in [0.717, 1.165) is 54.1 Å². The van der Waals surface area contributed by atoms with Crippen molar-refractivity contribution in [3.05, 3.63) is 76.8 Å². The summed E-state index contributed by atoms with van der Waals surface area (Å²) in [6, 6.07) is 19.8. The van der Waals surface area contributed by atoms with E-state index in [4.69, 9.17) is 11.6 Å². The molecule has 3 aromatic rings. The van der Waals surface area contributed by atoms with Gasteiger partial charge in [0.25, 0.3) is 0 Å². The fourth-order valence-corrected chi connectivity index (χ4v) is 3.68. The minimum Gasteiger partial charge on any atom is -0.507 e. The first-order valence-corrected chi connectivity index (χ1v) is 9.64. The van der Waals surface area contributed by atoms with Gasteiger partial charge >= 0.3 is 0 Å². The van der Waals surface area contributed by atoms with E-state index in [1.54, 1.807) is 17.2 Å². The second kappa shape index (κ2) is 7.99. The van der Waals surface area contributed by atoms with E-state index in [0.29, 0.717) is 0 Å². The summed E-state index contributed by atoms with van der Waals surface area (Å²) < 4.78 is 0. The SMILES string of the molecule is Oc1ccc2ccccc2c1/C=N/N1CC[NH+](Cc2ccc(Cl)cc2)CC1. The Balaban J connectivity index is 1.39. The van der Waals surface area contributed by atoms with Crippen LogP contribution in [0.1, 0.15) is 11.1 Å². The maximum atomic E-state index is 10.2. The highest BCUT2D eigenvalue weighted by Crippen LogP contribution is 2.25. The number of hydrogen-bond acceptors (Lipinski definition) is 3. The highest BCUT2D eigenvalue weighted by atomic mass is 35.5. The molecule has 1 heterocycles. The number of hydrazone groups is 1. The van der Waals surface area contributed by atoms with Crippen LogP contribution in [-0.4, -0.2) is 42.5 Å². The lowest BCUT2D eigenvalue weighted by Gasteiger charge is -2.30. The Morgan fingerprint density at radius 2 is 1.74 bits per heavy atom. The van der Waals surface area contributed by atoms with Crippen molar-refractivity contribution in [3.63, 3.8) is 0 Å². The lowest BCUT2D eigenvalue weighted by atomic mass is 10.0. The van der Waals surface area contributed by atoms with Gasteiger partial charge in [-0.2, -0.15) is 5.10 Å². The zero-order valence-corrected chi connectivity index (χ0v) is 15.9. The molecule has 27 heavy (non-hydrogen) atoms. The predicted molar refractivity (Wildman–Crippen MR) is 111 cm³/mol. The average Bonchev–Trinajstić information content (AvgIpc) is 2.70. The first-order valence-electron chi connectivity index (χ1n) is 9.27. The fraction of sp³-hybridized carbons (Fsp3) is 0.227. The topological polar surface area (TPSA) is 40.3 Å². The van der Waals surface area contributed by atoms with Crippen LogP contribution < -0.4 is 4.90 Å². The van der Waals surface area contributed by atoms with Crippen LogP contribution in [0.4, 0.5) is 0 Å². The molecule has 1 saturated heterocycles. The molecule has 0 unspecified atom stereocenters. The molecule has 0 bridgehead atoms. The smallest absolute Gasteiger partial charge is 0.125 e. The van der Waals surface area contributed by atoms with Crippen LogP contribution in [0.3, 0.4) is 0 Å². The van der Waals surface area contributed by atoms with Crippen molar-refractivity contribution in [2.45, 2.75) is 6.54 Å². The molecule has 3 aromatic carbocycles. The first-order chi connectivity index (χ1) is 13.2. The van der Waals surface area contributed by atoms with Gasteiger partial charge in [0, 0.05) is 16.1 Å². The first kappa shape index (κ1) is 17.8. The van der Waals surface area contributed by atoms with Gasteiger partial charge in [-0.1, -0.05) is 54.1 Å². The lowest BCUT2D eigenvalue weighted by molar-refractivity contribution is -0.918. The van der Waals surface area contributed by atoms with Crippen molar-refractivity contribution < 1.29 is 10.0 Å². The number of piperazine rings is 1. The van der Waals surface area contributed by atoms with Gasteiger partial charge in [0.15, 0.2) is 0 Å². The Morgan fingerprint density at radius 3 is 2.52 bits per heavy atom. The minimum atomic E-state index is 0.268. The maximum absolute atomic E-state index is 10.2. The summed E-state index contributed by atoms with van der Waals surface area (Å²) in [6.45, 7) is 4.91. The van der Waals surface area contributed by atoms with Gasteiger partial charge < -0.3 is 10.0 Å². The van der Waals surface area contributed by atoms with Gasteiger partial charge in [0.05, 0.1) is 32.4 Å². The molecule has 0 saturated carbocycles. The summed E-state index contributed by atoms with van der Waals surface area (Å²) in [5, 5.41) is 19.9. The molecule has 1 aliphatic heterocycles. The van der Waals surface area contributed by atoms with Crippen molar-refractivity contribution in [1.29, 1.82) is 0 Å². The highest BCUT2D eigenvalue weighted by molar-refractivity contribution is 6.30. The summed E-state index contributed by atoms with van der Waals surface area (Å²) in [6.07, 6.45) is 1.79. The lowest BCUT2D eigenvalue weighted by Crippen LogP contribution is -3.13. The fourth-order valence-electron chi connectivity index (χ4n) is 3.55. The van der Waals surface area contributed by atoms with Crippen LogP contribution in [0.2, 0.25) is 5.02 Å². The van der Waals surface area contributed by atoms with Crippen LogP contribution in [0.5, 0.6) is 5.75 Å². The number of fused-ring (bicyclic) bond motifs is 1. The molecule has 1 aliphatic rings. The quantitative estimate of drug-likeness (QED) is 0.683. The number of halogens is 1.